The van der Waals surface area contributed by atoms with Crippen LogP contribution in [-0.4, -0.2) is 35.8 Å². The van der Waals surface area contributed by atoms with Crippen LogP contribution in [0, 0.1) is 11.8 Å². The van der Waals surface area contributed by atoms with Crippen LogP contribution in [0.5, 0.6) is 5.75 Å². The molecule has 1 aliphatic rings. The molecule has 1 saturated heterocycles. The molecule has 1 aromatic rings. The van der Waals surface area contributed by atoms with Crippen molar-refractivity contribution in [3.05, 3.63) is 29.3 Å². The third-order valence-corrected chi connectivity index (χ3v) is 4.31. The highest BCUT2D eigenvalue weighted by Crippen LogP contribution is 2.26. The van der Waals surface area contributed by atoms with Crippen LogP contribution in [-0.2, 0) is 6.54 Å². The Kier molecular flexibility index (Phi) is 5.67. The van der Waals surface area contributed by atoms with Crippen LogP contribution >= 0.6 is 0 Å². The smallest absolute Gasteiger partial charge is 0.134 e. The van der Waals surface area contributed by atoms with Gasteiger partial charge in [-0.15, -0.1) is 0 Å². The van der Waals surface area contributed by atoms with Crippen LogP contribution in [0.25, 0.3) is 0 Å². The van der Waals surface area contributed by atoms with Crippen LogP contribution in [0.2, 0.25) is 0 Å². The Morgan fingerprint density at radius 1 is 1.29 bits per heavy atom. The second-order valence-corrected chi connectivity index (χ2v) is 5.80. The second-order valence-electron chi connectivity index (χ2n) is 5.80. The Hall–Kier alpha value is -1.50. The van der Waals surface area contributed by atoms with E-state index in [4.69, 9.17) is 9.84 Å². The lowest BCUT2D eigenvalue weighted by Gasteiger charge is -2.39. The zero-order chi connectivity index (χ0) is 15.2. The van der Waals surface area contributed by atoms with Gasteiger partial charge >= 0.3 is 0 Å². The number of aliphatic hydroxyl groups is 1. The molecule has 2 rings (SSSR count). The van der Waals surface area contributed by atoms with E-state index in [1.165, 1.54) is 24.8 Å². The van der Waals surface area contributed by atoms with E-state index < -0.39 is 0 Å². The first-order valence-electron chi connectivity index (χ1n) is 7.68. The molecule has 2 unspecified atom stereocenters. The molecule has 0 radical (unpaired) electrons. The zero-order valence-corrected chi connectivity index (χ0v) is 13.2. The van der Waals surface area contributed by atoms with Crippen molar-refractivity contribution in [1.82, 2.24) is 4.90 Å². The van der Waals surface area contributed by atoms with E-state index in [-0.39, 0.29) is 6.61 Å². The van der Waals surface area contributed by atoms with Gasteiger partial charge in [0.2, 0.25) is 0 Å². The van der Waals surface area contributed by atoms with Crippen molar-refractivity contribution in [2.75, 3.05) is 13.7 Å². The number of aliphatic hydroxyl groups excluding tert-OH is 1. The Morgan fingerprint density at radius 2 is 2.00 bits per heavy atom. The first kappa shape index (κ1) is 15.9. The number of ether oxygens (including phenoxy) is 1. The van der Waals surface area contributed by atoms with Crippen molar-refractivity contribution in [2.24, 2.45) is 0 Å². The molecular formula is C18H25NO2. The predicted molar refractivity (Wildman–Crippen MR) is 85.3 cm³/mol. The Morgan fingerprint density at radius 3 is 2.62 bits per heavy atom. The monoisotopic (exact) mass is 287 g/mol. The first-order valence-corrected chi connectivity index (χ1v) is 7.68. The minimum Gasteiger partial charge on any atom is -0.495 e. The Labute approximate surface area is 127 Å². The van der Waals surface area contributed by atoms with E-state index >= 15 is 0 Å². The molecule has 0 amide bonds. The third kappa shape index (κ3) is 4.00. The highest BCUT2D eigenvalue weighted by Gasteiger charge is 2.24. The normalized spacial score (nSPS) is 22.5. The minimum atomic E-state index is -0.131. The topological polar surface area (TPSA) is 32.7 Å². The fourth-order valence-corrected chi connectivity index (χ4v) is 3.08. The predicted octanol–water partition coefficient (Wildman–Crippen LogP) is 2.80. The highest BCUT2D eigenvalue weighted by atomic mass is 16.5. The average molecular weight is 287 g/mol. The summed E-state index contributed by atoms with van der Waals surface area (Å²) in [4.78, 5) is 2.56. The van der Waals surface area contributed by atoms with Gasteiger partial charge in [0.1, 0.15) is 12.4 Å². The van der Waals surface area contributed by atoms with Gasteiger partial charge in [0.25, 0.3) is 0 Å². The van der Waals surface area contributed by atoms with E-state index in [2.05, 4.69) is 42.7 Å². The standard InChI is InChI=1S/C18H25NO2/c1-14-6-4-7-15(2)19(14)13-16-9-10-18(21-3)17(12-16)8-5-11-20/h9-10,12,14-15,20H,4,6-7,11,13H2,1-3H3. The fraction of sp³-hybridized carbons (Fsp3) is 0.556. The highest BCUT2D eigenvalue weighted by molar-refractivity contribution is 5.48. The van der Waals surface area contributed by atoms with Crippen molar-refractivity contribution in [2.45, 2.75) is 51.7 Å². The van der Waals surface area contributed by atoms with Gasteiger partial charge in [-0.2, -0.15) is 0 Å². The lowest BCUT2D eigenvalue weighted by Crippen LogP contribution is -2.42. The summed E-state index contributed by atoms with van der Waals surface area (Å²) >= 11 is 0. The summed E-state index contributed by atoms with van der Waals surface area (Å²) in [5.74, 6) is 6.43. The molecule has 1 fully saturated rings. The quantitative estimate of drug-likeness (QED) is 0.868. The lowest BCUT2D eigenvalue weighted by atomic mass is 9.96. The maximum atomic E-state index is 8.87. The van der Waals surface area contributed by atoms with Gasteiger partial charge in [0.15, 0.2) is 0 Å². The summed E-state index contributed by atoms with van der Waals surface area (Å²) in [6.45, 7) is 5.44. The molecule has 1 aliphatic heterocycles. The SMILES string of the molecule is COc1ccc(CN2C(C)CCCC2C)cc1C#CCO. The van der Waals surface area contributed by atoms with Crippen LogP contribution in [0.1, 0.15) is 44.2 Å². The molecule has 0 spiro atoms. The van der Waals surface area contributed by atoms with Crippen LogP contribution in [0.3, 0.4) is 0 Å². The molecule has 1 N–H and O–H groups in total. The molecule has 3 heteroatoms. The fourth-order valence-electron chi connectivity index (χ4n) is 3.08. The van der Waals surface area contributed by atoms with Crippen molar-refractivity contribution in [3.63, 3.8) is 0 Å². The number of piperidine rings is 1. The van der Waals surface area contributed by atoms with E-state index in [1.54, 1.807) is 7.11 Å². The lowest BCUT2D eigenvalue weighted by molar-refractivity contribution is 0.0952. The number of likely N-dealkylation sites (tertiary alicyclic amines) is 1. The summed E-state index contributed by atoms with van der Waals surface area (Å²) in [7, 11) is 1.65. The van der Waals surface area contributed by atoms with Gasteiger partial charge in [-0.3, -0.25) is 4.90 Å². The molecule has 114 valence electrons. The van der Waals surface area contributed by atoms with Gasteiger partial charge in [-0.25, -0.2) is 0 Å². The molecule has 3 nitrogen and oxygen atoms in total. The van der Waals surface area contributed by atoms with E-state index in [9.17, 15) is 0 Å². The molecule has 0 bridgehead atoms. The van der Waals surface area contributed by atoms with Crippen LogP contribution in [0.15, 0.2) is 18.2 Å². The van der Waals surface area contributed by atoms with Gasteiger partial charge in [-0.1, -0.05) is 24.3 Å². The second kappa shape index (κ2) is 7.49. The zero-order valence-electron chi connectivity index (χ0n) is 13.2. The maximum absolute atomic E-state index is 8.87. The average Bonchev–Trinajstić information content (AvgIpc) is 2.49. The molecule has 0 aliphatic carbocycles. The number of hydrogen-bond acceptors (Lipinski definition) is 3. The summed E-state index contributed by atoms with van der Waals surface area (Å²) < 4.78 is 5.33. The van der Waals surface area contributed by atoms with E-state index in [0.717, 1.165) is 17.9 Å². The number of methoxy groups -OCH3 is 1. The van der Waals surface area contributed by atoms with Crippen molar-refractivity contribution < 1.29 is 9.84 Å². The molecule has 21 heavy (non-hydrogen) atoms. The summed E-state index contributed by atoms with van der Waals surface area (Å²) in [5.41, 5.74) is 2.10. The third-order valence-electron chi connectivity index (χ3n) is 4.31. The first-order chi connectivity index (χ1) is 10.2. The summed E-state index contributed by atoms with van der Waals surface area (Å²) in [6.07, 6.45) is 3.88. The summed E-state index contributed by atoms with van der Waals surface area (Å²) in [5, 5.41) is 8.87. The van der Waals surface area contributed by atoms with Crippen molar-refractivity contribution in [1.29, 1.82) is 0 Å². The number of rotatable bonds is 3. The molecule has 0 aromatic heterocycles. The van der Waals surface area contributed by atoms with E-state index in [0.29, 0.717) is 12.1 Å². The number of benzene rings is 1. The summed E-state index contributed by atoms with van der Waals surface area (Å²) in [6, 6.07) is 7.41. The Balaban J connectivity index is 2.20. The molecule has 2 atom stereocenters. The van der Waals surface area contributed by atoms with E-state index in [1.807, 2.05) is 6.07 Å². The maximum Gasteiger partial charge on any atom is 0.134 e. The molecule has 1 aromatic carbocycles. The molecule has 0 saturated carbocycles. The number of hydrogen-bond donors (Lipinski definition) is 1. The van der Waals surface area contributed by atoms with Gasteiger partial charge in [0, 0.05) is 18.6 Å². The Bertz CT molecular complexity index is 520. The largest absolute Gasteiger partial charge is 0.495 e. The minimum absolute atomic E-state index is 0.131. The van der Waals surface area contributed by atoms with Gasteiger partial charge < -0.3 is 9.84 Å². The van der Waals surface area contributed by atoms with Gasteiger partial charge in [0.05, 0.1) is 12.7 Å². The van der Waals surface area contributed by atoms with Gasteiger partial charge in [-0.05, 0) is 44.4 Å². The van der Waals surface area contributed by atoms with Crippen molar-refractivity contribution >= 4 is 0 Å². The number of nitrogens with zero attached hydrogens (tertiary/aromatic N) is 1. The van der Waals surface area contributed by atoms with Crippen LogP contribution in [0.4, 0.5) is 0 Å². The molecule has 1 heterocycles. The van der Waals surface area contributed by atoms with Crippen molar-refractivity contribution in [3.8, 4) is 17.6 Å². The molecular weight excluding hydrogens is 262 g/mol. The van der Waals surface area contributed by atoms with Crippen LogP contribution < -0.4 is 4.74 Å².